The van der Waals surface area contributed by atoms with E-state index in [1.165, 1.54) is 57.0 Å². The number of thiazole rings is 2. The first-order chi connectivity index (χ1) is 54.8. The molecule has 4 aromatic carbocycles. The van der Waals surface area contributed by atoms with Crippen LogP contribution in [0.15, 0.2) is 151 Å². The lowest BCUT2D eigenvalue weighted by atomic mass is 10.1. The normalized spacial score (nSPS) is 11.1. The van der Waals surface area contributed by atoms with E-state index in [9.17, 15) is 0 Å². The van der Waals surface area contributed by atoms with Gasteiger partial charge >= 0.3 is 0 Å². The van der Waals surface area contributed by atoms with Crippen LogP contribution in [0.4, 0.5) is 0 Å². The molecular formula is C87H111Br2ClN12O9S5. The average Bonchev–Trinajstić information content (AvgIpc) is 1.66. The fourth-order valence-corrected chi connectivity index (χ4v) is 13.7. The van der Waals surface area contributed by atoms with Gasteiger partial charge in [-0.2, -0.15) is 13.1 Å². The molecule has 0 saturated heterocycles. The van der Waals surface area contributed by atoms with Crippen molar-refractivity contribution >= 4 is 111 Å². The molecular weight excluding hydrogens is 1710 g/mol. The first-order valence-electron chi connectivity index (χ1n) is 38.0. The van der Waals surface area contributed by atoms with Gasteiger partial charge in [-0.25, -0.2) is 34.9 Å². The number of ether oxygens (including phenoxy) is 7. The number of rotatable bonds is 27. The summed E-state index contributed by atoms with van der Waals surface area (Å²) >= 11 is 20.1. The van der Waals surface area contributed by atoms with Crippen LogP contribution in [0.2, 0.25) is 5.02 Å². The summed E-state index contributed by atoms with van der Waals surface area (Å²) in [6, 6.07) is 38.3. The van der Waals surface area contributed by atoms with Crippen LogP contribution in [0.25, 0.3) is 67.2 Å². The molecule has 624 valence electrons. The van der Waals surface area contributed by atoms with E-state index in [-0.39, 0.29) is 50.2 Å². The van der Waals surface area contributed by atoms with Crippen molar-refractivity contribution in [3.05, 3.63) is 218 Å². The van der Waals surface area contributed by atoms with Crippen molar-refractivity contribution in [1.29, 1.82) is 0 Å². The Morgan fingerprint density at radius 2 is 0.733 bits per heavy atom. The molecule has 0 unspecified atom stereocenters. The predicted molar refractivity (Wildman–Crippen MR) is 482 cm³/mol. The van der Waals surface area contributed by atoms with Crippen LogP contribution >= 0.6 is 101 Å². The summed E-state index contributed by atoms with van der Waals surface area (Å²) in [5.41, 5.74) is 14.3. The van der Waals surface area contributed by atoms with Gasteiger partial charge < -0.3 is 42.0 Å². The largest absolute Gasteiger partial charge is 0.431 e. The SMILES string of the molecule is C.CC(C)OCc1nc(C(C)C)cs1.CC(C)OCc1nc2cc(Cl)ccc2s1.Cc1ccc(-c2nc(COC(C)C)oc2Br)cc1.Cc1ccc(-c2nc(COC(C)C)oc2Br)nc1.Cc1ccc(-c2nsc(COC(C)C)n2)cc1.Cc1ccc(-c2nsc(COC(C)C)n2)cc1.Cc1ccc(-c2nsc(COC(C)C)n2)nc1. The van der Waals surface area contributed by atoms with Crippen LogP contribution in [0, 0.1) is 34.6 Å². The van der Waals surface area contributed by atoms with E-state index in [2.05, 4.69) is 166 Å². The number of oxazole rings is 2. The summed E-state index contributed by atoms with van der Waals surface area (Å²) < 4.78 is 64.8. The number of fused-ring (bicyclic) bond motifs is 1. The second-order valence-electron chi connectivity index (χ2n) is 28.6. The first kappa shape index (κ1) is 97.6. The smallest absolute Gasteiger partial charge is 0.222 e. The highest BCUT2D eigenvalue weighted by Crippen LogP contribution is 2.32. The lowest BCUT2D eigenvalue weighted by Gasteiger charge is -2.04. The Bertz CT molecular complexity index is 4590. The molecule has 0 bridgehead atoms. The first-order valence-corrected chi connectivity index (χ1v) is 43.9. The van der Waals surface area contributed by atoms with Crippen LogP contribution < -0.4 is 0 Å². The number of pyridine rings is 2. The highest BCUT2D eigenvalue weighted by molar-refractivity contribution is 9.10. The quantitative estimate of drug-likeness (QED) is 0.0464. The second-order valence-corrected chi connectivity index (χ2v) is 35.0. The molecule has 0 N–H and O–H groups in total. The number of benzene rings is 4. The zero-order valence-corrected chi connectivity index (χ0v) is 77.5. The zero-order chi connectivity index (χ0) is 83.7. The summed E-state index contributed by atoms with van der Waals surface area (Å²) in [5, 5.41) is 7.66. The topological polar surface area (TPSA) is 246 Å². The Hall–Kier alpha value is -7.23. The van der Waals surface area contributed by atoms with Crippen molar-refractivity contribution in [2.24, 2.45) is 0 Å². The zero-order valence-electron chi connectivity index (χ0n) is 69.5. The van der Waals surface area contributed by atoms with Gasteiger partial charge in [-0.1, -0.05) is 134 Å². The van der Waals surface area contributed by atoms with E-state index >= 15 is 0 Å². The lowest BCUT2D eigenvalue weighted by molar-refractivity contribution is 0.0512. The van der Waals surface area contributed by atoms with Gasteiger partial charge in [-0.05, 0) is 245 Å². The molecule has 0 amide bonds. The fraction of sp³-hybridized carbons (Fsp3) is 0.425. The minimum absolute atomic E-state index is 0. The highest BCUT2D eigenvalue weighted by Gasteiger charge is 2.18. The Balaban J connectivity index is 0.000000211. The van der Waals surface area contributed by atoms with Gasteiger partial charge in [0.2, 0.25) is 11.8 Å². The molecule has 0 atom stereocenters. The molecule has 0 saturated carbocycles. The molecule has 0 radical (unpaired) electrons. The average molecular weight is 1820 g/mol. The molecule has 29 heteroatoms. The third-order valence-corrected chi connectivity index (χ3v) is 20.5. The van der Waals surface area contributed by atoms with Crippen molar-refractivity contribution in [1.82, 2.24) is 58.0 Å². The highest BCUT2D eigenvalue weighted by atomic mass is 79.9. The number of hydrogen-bond acceptors (Lipinski definition) is 26. The third-order valence-electron chi connectivity index (χ3n) is 15.2. The molecule has 13 aromatic rings. The summed E-state index contributed by atoms with van der Waals surface area (Å²) in [7, 11) is 0. The third kappa shape index (κ3) is 35.8. The molecule has 0 fully saturated rings. The number of hydrogen-bond donors (Lipinski definition) is 0. The lowest BCUT2D eigenvalue weighted by Crippen LogP contribution is -2.02. The van der Waals surface area contributed by atoms with Gasteiger partial charge in [-0.3, -0.25) is 9.97 Å². The van der Waals surface area contributed by atoms with E-state index < -0.39 is 0 Å². The van der Waals surface area contributed by atoms with Gasteiger partial charge in [-0.15, -0.1) is 22.7 Å². The van der Waals surface area contributed by atoms with E-state index in [4.69, 9.17) is 53.6 Å². The molecule has 0 spiro atoms. The van der Waals surface area contributed by atoms with Gasteiger partial charge in [0.15, 0.2) is 26.8 Å². The summed E-state index contributed by atoms with van der Waals surface area (Å²) in [6.07, 6.45) is 5.12. The molecule has 21 nitrogen and oxygen atoms in total. The number of nitrogens with zero attached hydrogens (tertiary/aromatic N) is 12. The maximum absolute atomic E-state index is 5.89. The van der Waals surface area contributed by atoms with E-state index in [1.54, 1.807) is 28.9 Å². The second kappa shape index (κ2) is 50.6. The van der Waals surface area contributed by atoms with Crippen molar-refractivity contribution in [2.45, 2.75) is 248 Å². The van der Waals surface area contributed by atoms with Crippen molar-refractivity contribution < 1.29 is 42.0 Å². The Labute approximate surface area is 727 Å². The number of aryl methyl sites for hydroxylation is 5. The predicted octanol–water partition coefficient (Wildman–Crippen LogP) is 25.5. The van der Waals surface area contributed by atoms with Crippen LogP contribution in [0.1, 0.15) is 194 Å². The number of aromatic nitrogens is 12. The number of halogens is 3. The Morgan fingerprint density at radius 1 is 0.371 bits per heavy atom. The van der Waals surface area contributed by atoms with Crippen molar-refractivity contribution in [2.75, 3.05) is 0 Å². The van der Waals surface area contributed by atoms with Crippen LogP contribution in [-0.4, -0.2) is 101 Å². The van der Waals surface area contributed by atoms with Crippen LogP contribution in [0.5, 0.6) is 0 Å². The van der Waals surface area contributed by atoms with Crippen LogP contribution in [0.3, 0.4) is 0 Å². The van der Waals surface area contributed by atoms with Crippen LogP contribution in [-0.2, 0) is 79.4 Å². The minimum atomic E-state index is 0. The minimum Gasteiger partial charge on any atom is -0.431 e. The monoisotopic (exact) mass is 1820 g/mol. The molecule has 0 aliphatic carbocycles. The Kier molecular flexibility index (Phi) is 42.6. The van der Waals surface area contributed by atoms with Gasteiger partial charge in [0.25, 0.3) is 0 Å². The van der Waals surface area contributed by atoms with Gasteiger partial charge in [0.1, 0.15) is 75.2 Å². The van der Waals surface area contributed by atoms with E-state index in [0.717, 1.165) is 96.8 Å². The fourth-order valence-electron chi connectivity index (χ4n) is 9.08. The summed E-state index contributed by atoms with van der Waals surface area (Å²) in [6.45, 7) is 46.2. The van der Waals surface area contributed by atoms with Gasteiger partial charge in [0, 0.05) is 39.5 Å². The summed E-state index contributed by atoms with van der Waals surface area (Å²) in [4.78, 5) is 39.7. The summed E-state index contributed by atoms with van der Waals surface area (Å²) in [5.74, 6) is 3.91. The maximum atomic E-state index is 5.89. The van der Waals surface area contributed by atoms with E-state index in [0.29, 0.717) is 84.8 Å². The van der Waals surface area contributed by atoms with Crippen molar-refractivity contribution in [3.63, 3.8) is 0 Å². The molecule has 0 aliphatic heterocycles. The van der Waals surface area contributed by atoms with Crippen molar-refractivity contribution in [3.8, 4) is 56.9 Å². The standard InChI is InChI=1S/C14H16BrNO2.C13H15BrN2O2.2C13H16N2OS.C12H15N3OS.C11H12ClNOS.C10H17NOS.CH4/c1-9(2)17-8-12-16-13(14(15)18-12)11-6-4-10(3)5-7-11;1-8(2)17-7-11-16-12(13(14)18-11)10-5-4-9(3)6-15-10;2*1-9(2)16-8-12-14-13(15-17-12)11-6-4-10(3)5-7-11;1-8(2)16-7-11-14-12(15-17-11)10-5-4-9(3)6-13-10;1-7(2)14-6-11-13-9-5-8(12)3-4-10(9)15-11;1-7(2)9-6-13-10(11-9)5-12-8(3)4;/h4-7,9H,8H2,1-3H3;4-6,8H,7H2,1-3H3;2*4-7,9H,8H2,1-3H3;4-6,8H,7H2,1-3H3;3-5,7H,6H2,1-2H3;6-8H,5H2,1-4H3;1H4. The molecule has 9 heterocycles. The Morgan fingerprint density at radius 3 is 1.14 bits per heavy atom. The molecule has 9 aromatic heterocycles. The maximum Gasteiger partial charge on any atom is 0.222 e. The molecule has 0 aliphatic rings. The molecule has 13 rings (SSSR count). The molecule has 116 heavy (non-hydrogen) atoms. The van der Waals surface area contributed by atoms with Gasteiger partial charge in [0.05, 0.1) is 77.5 Å². The van der Waals surface area contributed by atoms with E-state index in [1.807, 2.05) is 196 Å².